The zero-order valence-corrected chi connectivity index (χ0v) is 12.2. The lowest BCUT2D eigenvalue weighted by molar-refractivity contribution is -0.385. The average Bonchev–Trinajstić information content (AvgIpc) is 2.84. The van der Waals surface area contributed by atoms with Crippen molar-refractivity contribution >= 4 is 11.4 Å². The van der Waals surface area contributed by atoms with Gasteiger partial charge in [0.05, 0.1) is 17.2 Å². The summed E-state index contributed by atoms with van der Waals surface area (Å²) >= 11 is 0. The molecule has 0 amide bonds. The molecule has 1 N–H and O–H groups in total. The molecule has 6 heteroatoms. The van der Waals surface area contributed by atoms with Crippen molar-refractivity contribution in [2.75, 3.05) is 5.32 Å². The molecule has 1 unspecified atom stereocenters. The Morgan fingerprint density at radius 2 is 2.29 bits per heavy atom. The van der Waals surface area contributed by atoms with E-state index in [1.165, 1.54) is 11.3 Å². The summed E-state index contributed by atoms with van der Waals surface area (Å²) in [5.41, 5.74) is 4.07. The van der Waals surface area contributed by atoms with Gasteiger partial charge in [-0.05, 0) is 32.3 Å². The molecule has 21 heavy (non-hydrogen) atoms. The summed E-state index contributed by atoms with van der Waals surface area (Å²) in [4.78, 5) is 10.7. The van der Waals surface area contributed by atoms with E-state index in [4.69, 9.17) is 0 Å². The second-order valence-electron chi connectivity index (χ2n) is 5.52. The fraction of sp³-hybridized carbons (Fsp3) is 0.400. The lowest BCUT2D eigenvalue weighted by atomic mass is 9.92. The molecule has 2 aromatic rings. The van der Waals surface area contributed by atoms with Crippen LogP contribution in [0.25, 0.3) is 0 Å². The van der Waals surface area contributed by atoms with Crippen LogP contribution in [0.2, 0.25) is 0 Å². The van der Waals surface area contributed by atoms with Crippen molar-refractivity contribution in [3.05, 3.63) is 51.3 Å². The van der Waals surface area contributed by atoms with E-state index in [2.05, 4.69) is 10.4 Å². The third-order valence-corrected chi connectivity index (χ3v) is 4.12. The summed E-state index contributed by atoms with van der Waals surface area (Å²) in [5, 5.41) is 18.8. The number of fused-ring (bicyclic) bond motifs is 1. The Labute approximate surface area is 122 Å². The standard InChI is InChI=1S/C15H18N4O2/c1-10-6-7-11(8-15(10)19(20)21)17-13-4-3-5-14-12(13)9-16-18(14)2/h6-9,13,17H,3-5H2,1-2H3. The quantitative estimate of drug-likeness (QED) is 0.695. The molecule has 1 aromatic heterocycles. The van der Waals surface area contributed by atoms with Crippen LogP contribution >= 0.6 is 0 Å². The molecule has 0 saturated heterocycles. The number of nitro benzene ring substituents is 1. The summed E-state index contributed by atoms with van der Waals surface area (Å²) in [7, 11) is 1.96. The van der Waals surface area contributed by atoms with Crippen LogP contribution in [0.15, 0.2) is 24.4 Å². The van der Waals surface area contributed by atoms with Gasteiger partial charge in [-0.15, -0.1) is 0 Å². The van der Waals surface area contributed by atoms with Gasteiger partial charge in [0.2, 0.25) is 0 Å². The van der Waals surface area contributed by atoms with Gasteiger partial charge in [-0.3, -0.25) is 14.8 Å². The molecule has 3 rings (SSSR count). The van der Waals surface area contributed by atoms with E-state index < -0.39 is 0 Å². The summed E-state index contributed by atoms with van der Waals surface area (Å²) < 4.78 is 1.92. The summed E-state index contributed by atoms with van der Waals surface area (Å²) in [6.07, 6.45) is 5.05. The second kappa shape index (κ2) is 5.20. The van der Waals surface area contributed by atoms with E-state index in [0.29, 0.717) is 5.56 Å². The highest BCUT2D eigenvalue weighted by atomic mass is 16.6. The molecule has 6 nitrogen and oxygen atoms in total. The van der Waals surface area contributed by atoms with Crippen molar-refractivity contribution in [2.45, 2.75) is 32.2 Å². The maximum Gasteiger partial charge on any atom is 0.274 e. The van der Waals surface area contributed by atoms with Crippen LogP contribution in [0.5, 0.6) is 0 Å². The third-order valence-electron chi connectivity index (χ3n) is 4.12. The number of aromatic nitrogens is 2. The Bertz CT molecular complexity index is 693. The van der Waals surface area contributed by atoms with Gasteiger partial charge >= 0.3 is 0 Å². The molecule has 0 radical (unpaired) electrons. The van der Waals surface area contributed by atoms with E-state index in [1.807, 2.05) is 24.0 Å². The fourth-order valence-corrected chi connectivity index (χ4v) is 2.95. The summed E-state index contributed by atoms with van der Waals surface area (Å²) in [6, 6.07) is 5.46. The predicted octanol–water partition coefficient (Wildman–Crippen LogP) is 3.13. The van der Waals surface area contributed by atoms with E-state index >= 15 is 0 Å². The zero-order chi connectivity index (χ0) is 15.0. The Balaban J connectivity index is 1.88. The van der Waals surface area contributed by atoms with Gasteiger partial charge in [-0.25, -0.2) is 0 Å². The van der Waals surface area contributed by atoms with Crippen molar-refractivity contribution in [1.29, 1.82) is 0 Å². The van der Waals surface area contributed by atoms with Crippen LogP contribution in [-0.4, -0.2) is 14.7 Å². The highest BCUT2D eigenvalue weighted by Gasteiger charge is 2.23. The normalized spacial score (nSPS) is 17.3. The fourth-order valence-electron chi connectivity index (χ4n) is 2.95. The predicted molar refractivity (Wildman–Crippen MR) is 80.3 cm³/mol. The number of nitrogens with zero attached hydrogens (tertiary/aromatic N) is 3. The van der Waals surface area contributed by atoms with E-state index in [1.54, 1.807) is 19.1 Å². The van der Waals surface area contributed by atoms with Gasteiger partial charge in [0.15, 0.2) is 0 Å². The van der Waals surface area contributed by atoms with E-state index in [9.17, 15) is 10.1 Å². The number of hydrogen-bond donors (Lipinski definition) is 1. The van der Waals surface area contributed by atoms with Crippen molar-refractivity contribution in [3.8, 4) is 0 Å². The van der Waals surface area contributed by atoms with Gasteiger partial charge in [0.25, 0.3) is 5.69 Å². The molecule has 1 heterocycles. The van der Waals surface area contributed by atoms with Crippen LogP contribution in [0.1, 0.15) is 35.7 Å². The molecule has 110 valence electrons. The highest BCUT2D eigenvalue weighted by molar-refractivity contribution is 5.56. The number of nitro groups is 1. The maximum atomic E-state index is 11.0. The van der Waals surface area contributed by atoms with Gasteiger partial charge in [0, 0.05) is 35.6 Å². The van der Waals surface area contributed by atoms with Crippen LogP contribution in [0.3, 0.4) is 0 Å². The Kier molecular flexibility index (Phi) is 3.37. The van der Waals surface area contributed by atoms with Crippen molar-refractivity contribution in [1.82, 2.24) is 9.78 Å². The van der Waals surface area contributed by atoms with Gasteiger partial charge in [-0.1, -0.05) is 6.07 Å². The third kappa shape index (κ3) is 2.49. The first-order valence-corrected chi connectivity index (χ1v) is 7.08. The van der Waals surface area contributed by atoms with Crippen LogP contribution < -0.4 is 5.32 Å². The van der Waals surface area contributed by atoms with E-state index in [0.717, 1.165) is 24.9 Å². The highest BCUT2D eigenvalue weighted by Crippen LogP contribution is 2.33. The van der Waals surface area contributed by atoms with E-state index in [-0.39, 0.29) is 16.7 Å². The van der Waals surface area contributed by atoms with Crippen LogP contribution in [0, 0.1) is 17.0 Å². The molecular weight excluding hydrogens is 268 g/mol. The molecule has 0 fully saturated rings. The first-order chi connectivity index (χ1) is 10.1. The SMILES string of the molecule is Cc1ccc(NC2CCCc3c2cnn3C)cc1[N+](=O)[O-]. The number of hydrogen-bond acceptors (Lipinski definition) is 4. The molecule has 1 aromatic carbocycles. The largest absolute Gasteiger partial charge is 0.378 e. The number of aryl methyl sites for hydroxylation is 2. The minimum atomic E-state index is -0.336. The topological polar surface area (TPSA) is 73.0 Å². The first-order valence-electron chi connectivity index (χ1n) is 7.08. The molecular formula is C15H18N4O2. The minimum absolute atomic E-state index is 0.155. The van der Waals surface area contributed by atoms with Crippen molar-refractivity contribution in [2.24, 2.45) is 7.05 Å². The smallest absolute Gasteiger partial charge is 0.274 e. The molecule has 0 bridgehead atoms. The molecule has 0 saturated carbocycles. The van der Waals surface area contributed by atoms with Crippen LogP contribution in [-0.2, 0) is 13.5 Å². The molecule has 1 aliphatic rings. The molecule has 0 aliphatic heterocycles. The molecule has 0 spiro atoms. The number of nitrogens with one attached hydrogen (secondary N) is 1. The zero-order valence-electron chi connectivity index (χ0n) is 12.2. The minimum Gasteiger partial charge on any atom is -0.378 e. The number of benzene rings is 1. The van der Waals surface area contributed by atoms with Gasteiger partial charge in [-0.2, -0.15) is 5.10 Å². The van der Waals surface area contributed by atoms with Crippen molar-refractivity contribution in [3.63, 3.8) is 0 Å². The molecule has 1 atom stereocenters. The summed E-state index contributed by atoms with van der Waals surface area (Å²) in [6.45, 7) is 1.75. The lowest BCUT2D eigenvalue weighted by Crippen LogP contribution is -2.17. The Morgan fingerprint density at radius 3 is 3.05 bits per heavy atom. The Morgan fingerprint density at radius 1 is 1.48 bits per heavy atom. The Hall–Kier alpha value is -2.37. The van der Waals surface area contributed by atoms with Gasteiger partial charge in [0.1, 0.15) is 0 Å². The second-order valence-corrected chi connectivity index (χ2v) is 5.52. The summed E-state index contributed by atoms with van der Waals surface area (Å²) in [5.74, 6) is 0. The van der Waals surface area contributed by atoms with Gasteiger partial charge < -0.3 is 5.32 Å². The number of anilines is 1. The van der Waals surface area contributed by atoms with Crippen molar-refractivity contribution < 1.29 is 4.92 Å². The average molecular weight is 286 g/mol. The number of rotatable bonds is 3. The molecule has 1 aliphatic carbocycles. The lowest BCUT2D eigenvalue weighted by Gasteiger charge is -2.24. The maximum absolute atomic E-state index is 11.0. The first kappa shape index (κ1) is 13.6. The van der Waals surface area contributed by atoms with Crippen LogP contribution in [0.4, 0.5) is 11.4 Å². The monoisotopic (exact) mass is 286 g/mol.